The molecule has 0 bridgehead atoms. The van der Waals surface area contributed by atoms with Crippen LogP contribution in [0.25, 0.3) is 11.0 Å². The smallest absolute Gasteiger partial charge is 0.379 e. The van der Waals surface area contributed by atoms with E-state index < -0.39 is 28.7 Å². The van der Waals surface area contributed by atoms with Crippen molar-refractivity contribution in [2.75, 3.05) is 39.4 Å². The van der Waals surface area contributed by atoms with Gasteiger partial charge in [-0.25, -0.2) is 13.4 Å². The van der Waals surface area contributed by atoms with Crippen LogP contribution in [0.5, 0.6) is 0 Å². The molecule has 33 heavy (non-hydrogen) atoms. The molecule has 3 rings (SSSR count). The molecule has 0 radical (unpaired) electrons. The third-order valence-corrected chi connectivity index (χ3v) is 7.40. The molecule has 0 unspecified atom stereocenters. The first-order valence-electron chi connectivity index (χ1n) is 11.0. The minimum Gasteiger partial charge on any atom is -0.379 e. The van der Waals surface area contributed by atoms with Gasteiger partial charge < -0.3 is 14.2 Å². The molecule has 0 aliphatic carbocycles. The zero-order valence-electron chi connectivity index (χ0n) is 18.8. The second kappa shape index (κ2) is 10.4. The van der Waals surface area contributed by atoms with Crippen LogP contribution in [0.2, 0.25) is 0 Å². The van der Waals surface area contributed by atoms with Gasteiger partial charge in [-0.05, 0) is 31.5 Å². The zero-order valence-corrected chi connectivity index (χ0v) is 19.6. The van der Waals surface area contributed by atoms with Gasteiger partial charge in [-0.2, -0.15) is 17.5 Å². The van der Waals surface area contributed by atoms with Crippen molar-refractivity contribution in [3.63, 3.8) is 0 Å². The molecule has 8 nitrogen and oxygen atoms in total. The third kappa shape index (κ3) is 6.04. The summed E-state index contributed by atoms with van der Waals surface area (Å²) in [5, 5.41) is 0. The summed E-state index contributed by atoms with van der Waals surface area (Å²) >= 11 is 0. The Morgan fingerprint density at radius 1 is 1.21 bits per heavy atom. The fraction of sp³-hybridized carbons (Fsp3) is 0.619. The second-order valence-electron chi connectivity index (χ2n) is 7.87. The summed E-state index contributed by atoms with van der Waals surface area (Å²) < 4.78 is 72.8. The van der Waals surface area contributed by atoms with Crippen molar-refractivity contribution in [2.24, 2.45) is 0 Å². The fourth-order valence-electron chi connectivity index (χ4n) is 3.95. The number of carbonyl (C=O) groups is 1. The van der Waals surface area contributed by atoms with Gasteiger partial charge in [0.25, 0.3) is 0 Å². The highest BCUT2D eigenvalue weighted by atomic mass is 32.2. The molecule has 0 N–H and O–H groups in total. The molecule has 0 saturated carbocycles. The summed E-state index contributed by atoms with van der Waals surface area (Å²) in [6.07, 6.45) is -3.98. The third-order valence-electron chi connectivity index (χ3n) is 5.50. The van der Waals surface area contributed by atoms with Gasteiger partial charge in [0.2, 0.25) is 15.9 Å². The maximum atomic E-state index is 13.0. The Bertz CT molecular complexity index is 1080. The van der Waals surface area contributed by atoms with Crippen LogP contribution in [0.15, 0.2) is 23.1 Å². The fourth-order valence-corrected chi connectivity index (χ4v) is 5.38. The number of alkyl halides is 3. The van der Waals surface area contributed by atoms with Crippen molar-refractivity contribution in [1.29, 1.82) is 0 Å². The van der Waals surface area contributed by atoms with Crippen LogP contribution in [0.4, 0.5) is 13.2 Å². The Hall–Kier alpha value is -2.18. The lowest BCUT2D eigenvalue weighted by Gasteiger charge is -2.26. The average molecular weight is 491 g/mol. The Balaban J connectivity index is 1.81. The molecule has 0 spiro atoms. The van der Waals surface area contributed by atoms with Gasteiger partial charge in [-0.3, -0.25) is 4.79 Å². The SMILES string of the molecule is CCCN(CC(F)(F)F)C(=O)CCc1nc2cc(S(=O)(=O)N3CCOCC3)ccc2n1CC. The summed E-state index contributed by atoms with van der Waals surface area (Å²) in [6.45, 7) is 4.13. The Morgan fingerprint density at radius 3 is 2.52 bits per heavy atom. The van der Waals surface area contributed by atoms with Crippen LogP contribution >= 0.6 is 0 Å². The molecule has 1 aliphatic heterocycles. The number of halogens is 3. The average Bonchev–Trinajstić information content (AvgIpc) is 3.13. The van der Waals surface area contributed by atoms with Gasteiger partial charge in [0.05, 0.1) is 29.1 Å². The number of morpholine rings is 1. The van der Waals surface area contributed by atoms with E-state index in [-0.39, 0.29) is 37.4 Å². The van der Waals surface area contributed by atoms with Crippen molar-refractivity contribution >= 4 is 27.0 Å². The van der Waals surface area contributed by atoms with Gasteiger partial charge in [-0.15, -0.1) is 0 Å². The lowest BCUT2D eigenvalue weighted by atomic mass is 10.2. The van der Waals surface area contributed by atoms with Crippen LogP contribution < -0.4 is 0 Å². The molecular formula is C21H29F3N4O4S. The number of ether oxygens (including phenoxy) is 1. The van der Waals surface area contributed by atoms with E-state index in [1.165, 1.54) is 16.4 Å². The molecule has 12 heteroatoms. The van der Waals surface area contributed by atoms with Crippen LogP contribution in [-0.4, -0.2) is 78.7 Å². The minimum atomic E-state index is -4.45. The quantitative estimate of drug-likeness (QED) is 0.540. The molecule has 1 aromatic heterocycles. The molecular weight excluding hydrogens is 461 g/mol. The van der Waals surface area contributed by atoms with Crippen LogP contribution in [-0.2, 0) is 32.5 Å². The Labute approximate surface area is 191 Å². The Kier molecular flexibility index (Phi) is 8.01. The summed E-state index contributed by atoms with van der Waals surface area (Å²) in [7, 11) is -3.69. The number of carbonyl (C=O) groups excluding carboxylic acids is 1. The first kappa shape index (κ1) is 25.4. The summed E-state index contributed by atoms with van der Waals surface area (Å²) in [6, 6.07) is 4.71. The van der Waals surface area contributed by atoms with Gasteiger partial charge in [0.15, 0.2) is 0 Å². The Morgan fingerprint density at radius 2 is 1.91 bits per heavy atom. The van der Waals surface area contributed by atoms with Crippen molar-refractivity contribution in [3.05, 3.63) is 24.0 Å². The number of nitrogens with zero attached hydrogens (tertiary/aromatic N) is 4. The molecule has 0 atom stereocenters. The second-order valence-corrected chi connectivity index (χ2v) is 9.81. The molecule has 2 aromatic rings. The molecule has 1 aliphatic rings. The van der Waals surface area contributed by atoms with Gasteiger partial charge in [-0.1, -0.05) is 6.92 Å². The van der Waals surface area contributed by atoms with Crippen LogP contribution in [0.3, 0.4) is 0 Å². The highest BCUT2D eigenvalue weighted by Gasteiger charge is 2.32. The van der Waals surface area contributed by atoms with Gasteiger partial charge in [0, 0.05) is 39.0 Å². The minimum absolute atomic E-state index is 0.0330. The number of aryl methyl sites for hydroxylation is 2. The maximum Gasteiger partial charge on any atom is 0.406 e. The van der Waals surface area contributed by atoms with E-state index in [0.29, 0.717) is 43.0 Å². The normalized spacial score (nSPS) is 15.8. The number of hydrogen-bond acceptors (Lipinski definition) is 5. The lowest BCUT2D eigenvalue weighted by molar-refractivity contribution is -0.161. The van der Waals surface area contributed by atoms with Gasteiger partial charge in [0.1, 0.15) is 12.4 Å². The molecule has 184 valence electrons. The summed E-state index contributed by atoms with van der Waals surface area (Å²) in [5.74, 6) is -0.0512. The molecule has 1 aromatic carbocycles. The van der Waals surface area contributed by atoms with Crippen LogP contribution in [0.1, 0.15) is 32.5 Å². The maximum absolute atomic E-state index is 13.0. The monoisotopic (exact) mass is 490 g/mol. The summed E-state index contributed by atoms with van der Waals surface area (Å²) in [5.41, 5.74) is 1.18. The molecule has 2 heterocycles. The van der Waals surface area contributed by atoms with Crippen molar-refractivity contribution in [3.8, 4) is 0 Å². The molecule has 1 amide bonds. The number of aromatic nitrogens is 2. The number of hydrogen-bond donors (Lipinski definition) is 0. The van der Waals surface area contributed by atoms with E-state index in [9.17, 15) is 26.4 Å². The van der Waals surface area contributed by atoms with E-state index in [1.807, 2.05) is 11.5 Å². The van der Waals surface area contributed by atoms with Gasteiger partial charge >= 0.3 is 6.18 Å². The van der Waals surface area contributed by atoms with E-state index >= 15 is 0 Å². The van der Waals surface area contributed by atoms with E-state index in [1.54, 1.807) is 13.0 Å². The predicted octanol–water partition coefficient (Wildman–Crippen LogP) is 2.81. The highest BCUT2D eigenvalue weighted by Crippen LogP contribution is 2.24. The predicted molar refractivity (Wildman–Crippen MR) is 116 cm³/mol. The van der Waals surface area contributed by atoms with Crippen molar-refractivity contribution in [1.82, 2.24) is 18.8 Å². The number of imidazole rings is 1. The number of fused-ring (bicyclic) bond motifs is 1. The lowest BCUT2D eigenvalue weighted by Crippen LogP contribution is -2.40. The first-order valence-corrected chi connectivity index (χ1v) is 12.4. The number of amides is 1. The van der Waals surface area contributed by atoms with E-state index in [0.717, 1.165) is 4.90 Å². The molecule has 1 saturated heterocycles. The highest BCUT2D eigenvalue weighted by molar-refractivity contribution is 7.89. The number of benzene rings is 1. The van der Waals surface area contributed by atoms with E-state index in [2.05, 4.69) is 4.98 Å². The first-order chi connectivity index (χ1) is 15.6. The zero-order chi connectivity index (χ0) is 24.2. The van der Waals surface area contributed by atoms with Crippen molar-refractivity contribution < 1.29 is 31.1 Å². The summed E-state index contributed by atoms with van der Waals surface area (Å²) in [4.78, 5) is 17.9. The number of sulfonamides is 1. The van der Waals surface area contributed by atoms with Crippen molar-refractivity contribution in [2.45, 2.75) is 50.7 Å². The standard InChI is InChI=1S/C21H29F3N4O4S/c1-3-9-26(15-21(22,23)24)20(29)8-7-19-25-17-14-16(5-6-18(17)28(19)4-2)33(30,31)27-10-12-32-13-11-27/h5-6,14H,3-4,7-13,15H2,1-2H3. The largest absolute Gasteiger partial charge is 0.406 e. The van der Waals surface area contributed by atoms with Crippen LogP contribution in [0, 0.1) is 0 Å². The van der Waals surface area contributed by atoms with E-state index in [4.69, 9.17) is 4.74 Å². The topological polar surface area (TPSA) is 84.7 Å². The number of rotatable bonds is 9. The molecule has 1 fully saturated rings.